The highest BCUT2D eigenvalue weighted by atomic mass is 32.1. The number of rotatable bonds is 5. The third-order valence-electron chi connectivity index (χ3n) is 2.59. The Bertz CT molecular complexity index is 644. The maximum absolute atomic E-state index is 13.3. The molecule has 0 spiro atoms. The molecule has 2 rings (SSSR count). The minimum Gasteiger partial charge on any atom is -0.351 e. The van der Waals surface area contributed by atoms with E-state index in [1.54, 1.807) is 17.5 Å². The van der Waals surface area contributed by atoms with Crippen LogP contribution in [0, 0.1) is 11.6 Å². The number of nitrogens with one attached hydrogen (secondary N) is 2. The van der Waals surface area contributed by atoms with Gasteiger partial charge in [0.25, 0.3) is 5.91 Å². The average molecular weight is 310 g/mol. The molecule has 0 aliphatic heterocycles. The number of halogens is 2. The SMILES string of the molecule is O=C(CCNC(=O)c1cccs1)Nc1ccc(F)cc1F. The van der Waals surface area contributed by atoms with Crippen molar-refractivity contribution in [2.75, 3.05) is 11.9 Å². The Hall–Kier alpha value is -2.28. The summed E-state index contributed by atoms with van der Waals surface area (Å²) in [5, 5.41) is 6.68. The van der Waals surface area contributed by atoms with E-state index >= 15 is 0 Å². The predicted molar refractivity (Wildman–Crippen MR) is 76.3 cm³/mol. The van der Waals surface area contributed by atoms with Crippen molar-refractivity contribution >= 4 is 28.8 Å². The summed E-state index contributed by atoms with van der Waals surface area (Å²) in [5.74, 6) is -2.28. The first-order chi connectivity index (χ1) is 10.1. The Morgan fingerprint density at radius 2 is 2.00 bits per heavy atom. The molecule has 2 amide bonds. The van der Waals surface area contributed by atoms with Crippen LogP contribution < -0.4 is 10.6 Å². The van der Waals surface area contributed by atoms with Crippen molar-refractivity contribution < 1.29 is 18.4 Å². The number of carbonyl (C=O) groups is 2. The lowest BCUT2D eigenvalue weighted by Gasteiger charge is -2.07. The van der Waals surface area contributed by atoms with Crippen LogP contribution in [0.15, 0.2) is 35.7 Å². The van der Waals surface area contributed by atoms with E-state index in [0.717, 1.165) is 12.1 Å². The van der Waals surface area contributed by atoms with Crippen LogP contribution in [-0.2, 0) is 4.79 Å². The zero-order valence-corrected chi connectivity index (χ0v) is 11.7. The fourth-order valence-corrected chi connectivity index (χ4v) is 2.23. The van der Waals surface area contributed by atoms with Gasteiger partial charge in [-0.3, -0.25) is 9.59 Å². The monoisotopic (exact) mass is 310 g/mol. The fourth-order valence-electron chi connectivity index (χ4n) is 1.59. The normalized spacial score (nSPS) is 10.2. The van der Waals surface area contributed by atoms with Crippen LogP contribution >= 0.6 is 11.3 Å². The van der Waals surface area contributed by atoms with E-state index in [1.807, 2.05) is 0 Å². The minimum absolute atomic E-state index is 0.00602. The van der Waals surface area contributed by atoms with Gasteiger partial charge < -0.3 is 10.6 Å². The standard InChI is InChI=1S/C14H12F2N2O2S/c15-9-3-4-11(10(16)8-9)18-13(19)5-6-17-14(20)12-2-1-7-21-12/h1-4,7-8H,5-6H2,(H,17,20)(H,18,19). The largest absolute Gasteiger partial charge is 0.351 e. The highest BCUT2D eigenvalue weighted by molar-refractivity contribution is 7.12. The number of hydrogen-bond acceptors (Lipinski definition) is 3. The third-order valence-corrected chi connectivity index (χ3v) is 3.46. The van der Waals surface area contributed by atoms with Gasteiger partial charge in [0.2, 0.25) is 5.91 Å². The molecule has 0 bridgehead atoms. The van der Waals surface area contributed by atoms with Gasteiger partial charge in [-0.15, -0.1) is 11.3 Å². The van der Waals surface area contributed by atoms with Crippen LogP contribution in [0.4, 0.5) is 14.5 Å². The molecular weight excluding hydrogens is 298 g/mol. The summed E-state index contributed by atoms with van der Waals surface area (Å²) >= 11 is 1.30. The van der Waals surface area contributed by atoms with E-state index in [1.165, 1.54) is 11.3 Å². The van der Waals surface area contributed by atoms with Crippen LogP contribution in [0.5, 0.6) is 0 Å². The van der Waals surface area contributed by atoms with Crippen molar-refractivity contribution in [1.82, 2.24) is 5.32 Å². The molecule has 0 atom stereocenters. The molecule has 1 heterocycles. The molecule has 7 heteroatoms. The molecule has 2 N–H and O–H groups in total. The van der Waals surface area contributed by atoms with Crippen molar-refractivity contribution in [1.29, 1.82) is 0 Å². The van der Waals surface area contributed by atoms with Gasteiger partial charge in [0.1, 0.15) is 11.6 Å². The van der Waals surface area contributed by atoms with E-state index in [0.29, 0.717) is 10.9 Å². The molecule has 4 nitrogen and oxygen atoms in total. The Morgan fingerprint density at radius 1 is 1.19 bits per heavy atom. The van der Waals surface area contributed by atoms with Crippen molar-refractivity contribution in [2.24, 2.45) is 0 Å². The van der Waals surface area contributed by atoms with E-state index in [4.69, 9.17) is 0 Å². The molecular formula is C14H12F2N2O2S. The van der Waals surface area contributed by atoms with Crippen LogP contribution in [0.2, 0.25) is 0 Å². The lowest BCUT2D eigenvalue weighted by molar-refractivity contribution is -0.116. The smallest absolute Gasteiger partial charge is 0.261 e. The Labute approximate surface area is 123 Å². The van der Waals surface area contributed by atoms with Crippen LogP contribution in [0.3, 0.4) is 0 Å². The zero-order valence-electron chi connectivity index (χ0n) is 10.9. The summed E-state index contributed by atoms with van der Waals surface area (Å²) in [7, 11) is 0. The van der Waals surface area contributed by atoms with E-state index in [-0.39, 0.29) is 24.6 Å². The molecule has 0 saturated heterocycles. The second kappa shape index (κ2) is 6.94. The maximum atomic E-state index is 13.3. The molecule has 110 valence electrons. The summed E-state index contributed by atoms with van der Waals surface area (Å²) < 4.78 is 26.0. The zero-order chi connectivity index (χ0) is 15.2. The Morgan fingerprint density at radius 3 is 2.67 bits per heavy atom. The van der Waals surface area contributed by atoms with Gasteiger partial charge in [0.05, 0.1) is 10.6 Å². The van der Waals surface area contributed by atoms with Crippen LogP contribution in [-0.4, -0.2) is 18.4 Å². The van der Waals surface area contributed by atoms with Gasteiger partial charge >= 0.3 is 0 Å². The van der Waals surface area contributed by atoms with Crippen LogP contribution in [0.1, 0.15) is 16.1 Å². The molecule has 0 aliphatic carbocycles. The molecule has 0 unspecified atom stereocenters. The lowest BCUT2D eigenvalue weighted by Crippen LogP contribution is -2.27. The molecule has 21 heavy (non-hydrogen) atoms. The Kier molecular flexibility index (Phi) is 4.99. The van der Waals surface area contributed by atoms with Gasteiger partial charge in [0, 0.05) is 19.0 Å². The van der Waals surface area contributed by atoms with E-state index in [9.17, 15) is 18.4 Å². The third kappa shape index (κ3) is 4.35. The number of amides is 2. The minimum atomic E-state index is -0.842. The summed E-state index contributed by atoms with van der Waals surface area (Å²) in [5.41, 5.74) is -0.0917. The summed E-state index contributed by atoms with van der Waals surface area (Å²) in [6.07, 6.45) is -0.00602. The molecule has 1 aromatic carbocycles. The van der Waals surface area contributed by atoms with Crippen molar-refractivity contribution in [3.05, 3.63) is 52.2 Å². The quantitative estimate of drug-likeness (QED) is 0.892. The lowest BCUT2D eigenvalue weighted by atomic mass is 10.3. The molecule has 0 saturated carbocycles. The molecule has 2 aromatic rings. The first-order valence-electron chi connectivity index (χ1n) is 6.13. The van der Waals surface area contributed by atoms with E-state index < -0.39 is 17.5 Å². The number of carbonyl (C=O) groups excluding carboxylic acids is 2. The maximum Gasteiger partial charge on any atom is 0.261 e. The van der Waals surface area contributed by atoms with Gasteiger partial charge in [-0.05, 0) is 23.6 Å². The van der Waals surface area contributed by atoms with E-state index in [2.05, 4.69) is 10.6 Å². The molecule has 0 aliphatic rings. The van der Waals surface area contributed by atoms with Gasteiger partial charge in [-0.2, -0.15) is 0 Å². The van der Waals surface area contributed by atoms with Gasteiger partial charge in [-0.25, -0.2) is 8.78 Å². The number of thiophene rings is 1. The summed E-state index contributed by atoms with van der Waals surface area (Å²) in [6.45, 7) is 0.130. The Balaban J connectivity index is 1.78. The van der Waals surface area contributed by atoms with Gasteiger partial charge in [0.15, 0.2) is 0 Å². The highest BCUT2D eigenvalue weighted by Crippen LogP contribution is 2.15. The predicted octanol–water partition coefficient (Wildman–Crippen LogP) is 2.78. The second-order valence-corrected chi connectivity index (χ2v) is 5.10. The summed E-state index contributed by atoms with van der Waals surface area (Å²) in [4.78, 5) is 23.8. The molecule has 1 aromatic heterocycles. The average Bonchev–Trinajstić information content (AvgIpc) is 2.96. The van der Waals surface area contributed by atoms with Gasteiger partial charge in [-0.1, -0.05) is 6.07 Å². The fraction of sp³-hybridized carbons (Fsp3) is 0.143. The first kappa shape index (κ1) is 15.1. The molecule has 0 radical (unpaired) electrons. The highest BCUT2D eigenvalue weighted by Gasteiger charge is 2.09. The van der Waals surface area contributed by atoms with Crippen molar-refractivity contribution in [3.8, 4) is 0 Å². The molecule has 0 fully saturated rings. The first-order valence-corrected chi connectivity index (χ1v) is 7.01. The van der Waals surface area contributed by atoms with Crippen LogP contribution in [0.25, 0.3) is 0 Å². The van der Waals surface area contributed by atoms with Crippen molar-refractivity contribution in [2.45, 2.75) is 6.42 Å². The number of benzene rings is 1. The summed E-state index contributed by atoms with van der Waals surface area (Å²) in [6, 6.07) is 6.32. The van der Waals surface area contributed by atoms with Crippen molar-refractivity contribution in [3.63, 3.8) is 0 Å². The number of anilines is 1. The number of hydrogen-bond donors (Lipinski definition) is 2. The topological polar surface area (TPSA) is 58.2 Å². The second-order valence-electron chi connectivity index (χ2n) is 4.16.